The van der Waals surface area contributed by atoms with Gasteiger partial charge < -0.3 is 10.7 Å². The molecule has 0 saturated heterocycles. The maximum Gasteiger partial charge on any atom is 0.327 e. The van der Waals surface area contributed by atoms with Gasteiger partial charge in [-0.15, -0.1) is 0 Å². The van der Waals surface area contributed by atoms with E-state index in [0.29, 0.717) is 0 Å². The van der Waals surface area contributed by atoms with Crippen molar-refractivity contribution in [2.75, 3.05) is 0 Å². The molecule has 2 aromatic rings. The lowest BCUT2D eigenvalue weighted by Gasteiger charge is -1.83. The van der Waals surface area contributed by atoms with Crippen LogP contribution in [0, 0.1) is 0 Å². The van der Waals surface area contributed by atoms with E-state index in [1.165, 1.54) is 0 Å². The zero-order valence-corrected chi connectivity index (χ0v) is 6.75. The van der Waals surface area contributed by atoms with Crippen LogP contribution in [0.3, 0.4) is 0 Å². The number of rotatable bonds is 1. The molecular weight excluding hydrogens is 190 g/mol. The van der Waals surface area contributed by atoms with Crippen LogP contribution < -0.4 is 17.0 Å². The summed E-state index contributed by atoms with van der Waals surface area (Å²) in [5, 5.41) is 0. The number of carbonyl (C=O) groups excluding carboxylic acids is 1. The molecule has 0 unspecified atom stereocenters. The van der Waals surface area contributed by atoms with Crippen molar-refractivity contribution >= 4 is 17.1 Å². The molecule has 14 heavy (non-hydrogen) atoms. The largest absolute Gasteiger partial charge is 0.363 e. The molecule has 2 rings (SSSR count). The van der Waals surface area contributed by atoms with Crippen molar-refractivity contribution in [2.45, 2.75) is 0 Å². The predicted octanol–water partition coefficient (Wildman–Crippen LogP) is -1.96. The number of aromatic nitrogens is 4. The third kappa shape index (κ3) is 1.09. The highest BCUT2D eigenvalue weighted by Crippen LogP contribution is 1.99. The zero-order chi connectivity index (χ0) is 10.3. The molecule has 0 atom stereocenters. The first-order chi connectivity index (χ1) is 6.58. The molecular formula is C6H5N5O3. The van der Waals surface area contributed by atoms with Crippen molar-refractivity contribution < 1.29 is 4.79 Å². The number of fused-ring (bicyclic) bond motifs is 1. The number of imidazole rings is 1. The van der Waals surface area contributed by atoms with Gasteiger partial charge in [0.1, 0.15) is 5.52 Å². The molecule has 0 fully saturated rings. The van der Waals surface area contributed by atoms with E-state index >= 15 is 0 Å². The monoisotopic (exact) mass is 195 g/mol. The number of nitrogens with one attached hydrogen (secondary N) is 3. The lowest BCUT2D eigenvalue weighted by atomic mass is 10.5. The molecule has 2 heterocycles. The molecule has 0 radical (unpaired) electrons. The topological polar surface area (TPSA) is 137 Å². The Hall–Kier alpha value is -2.38. The average molecular weight is 195 g/mol. The van der Waals surface area contributed by atoms with Crippen molar-refractivity contribution in [3.8, 4) is 0 Å². The molecule has 1 amide bonds. The minimum Gasteiger partial charge on any atom is -0.363 e. The first-order valence-corrected chi connectivity index (χ1v) is 3.60. The van der Waals surface area contributed by atoms with Gasteiger partial charge in [-0.25, -0.2) is 9.78 Å². The Balaban J connectivity index is 2.90. The second-order valence-electron chi connectivity index (χ2n) is 2.58. The molecule has 5 N–H and O–H groups in total. The van der Waals surface area contributed by atoms with Crippen LogP contribution in [-0.4, -0.2) is 25.8 Å². The first-order valence-electron chi connectivity index (χ1n) is 3.60. The first kappa shape index (κ1) is 8.23. The van der Waals surface area contributed by atoms with Gasteiger partial charge in [0.25, 0.3) is 11.5 Å². The molecule has 0 saturated carbocycles. The molecule has 8 nitrogen and oxygen atoms in total. The highest BCUT2D eigenvalue weighted by Gasteiger charge is 2.10. The highest BCUT2D eigenvalue weighted by molar-refractivity contribution is 5.91. The third-order valence-corrected chi connectivity index (χ3v) is 1.62. The Bertz CT molecular complexity index is 618. The molecule has 0 aliphatic heterocycles. The van der Waals surface area contributed by atoms with Crippen molar-refractivity contribution in [1.29, 1.82) is 0 Å². The molecule has 2 aromatic heterocycles. The van der Waals surface area contributed by atoms with Gasteiger partial charge in [0, 0.05) is 0 Å². The number of hydrogen-bond acceptors (Lipinski definition) is 4. The van der Waals surface area contributed by atoms with Gasteiger partial charge >= 0.3 is 5.69 Å². The fraction of sp³-hybridized carbons (Fsp3) is 0. The lowest BCUT2D eigenvalue weighted by molar-refractivity contribution is 0.0991. The normalized spacial score (nSPS) is 10.6. The van der Waals surface area contributed by atoms with Crippen LogP contribution in [0.1, 0.15) is 10.6 Å². The smallest absolute Gasteiger partial charge is 0.327 e. The Morgan fingerprint density at radius 3 is 2.57 bits per heavy atom. The number of hydrogen-bond donors (Lipinski definition) is 4. The third-order valence-electron chi connectivity index (χ3n) is 1.62. The number of nitrogens with zero attached hydrogens (tertiary/aromatic N) is 1. The predicted molar refractivity (Wildman–Crippen MR) is 45.9 cm³/mol. The number of carbonyl (C=O) groups is 1. The summed E-state index contributed by atoms with van der Waals surface area (Å²) >= 11 is 0. The fourth-order valence-electron chi connectivity index (χ4n) is 1.05. The maximum atomic E-state index is 11.1. The van der Waals surface area contributed by atoms with E-state index in [4.69, 9.17) is 5.73 Å². The van der Waals surface area contributed by atoms with Crippen molar-refractivity contribution in [3.05, 3.63) is 26.7 Å². The minimum absolute atomic E-state index is 0.00699. The van der Waals surface area contributed by atoms with Gasteiger partial charge in [-0.2, -0.15) is 0 Å². The van der Waals surface area contributed by atoms with Crippen LogP contribution in [0.4, 0.5) is 0 Å². The number of primary amides is 1. The van der Waals surface area contributed by atoms with Gasteiger partial charge in [0.2, 0.25) is 0 Å². The second kappa shape index (κ2) is 2.55. The van der Waals surface area contributed by atoms with Gasteiger partial charge in [-0.05, 0) is 0 Å². The van der Waals surface area contributed by atoms with E-state index in [0.717, 1.165) is 0 Å². The number of H-pyrrole nitrogens is 3. The molecule has 8 heteroatoms. The summed E-state index contributed by atoms with van der Waals surface area (Å²) in [5.74, 6) is -0.978. The second-order valence-corrected chi connectivity index (χ2v) is 2.58. The van der Waals surface area contributed by atoms with Crippen LogP contribution in [-0.2, 0) is 0 Å². The van der Waals surface area contributed by atoms with Gasteiger partial charge in [0.05, 0.1) is 0 Å². The van der Waals surface area contributed by atoms with Crippen molar-refractivity contribution in [3.63, 3.8) is 0 Å². The molecule has 0 spiro atoms. The standard InChI is InChI=1S/C6H5N5O3/c7-2(12)4-8-1-3(9-4)10-6(14)11-5(1)13/h(H2,7,12)(H3,8,9,10,11,13,14). The summed E-state index contributed by atoms with van der Waals surface area (Å²) in [6.07, 6.45) is 0. The maximum absolute atomic E-state index is 11.1. The lowest BCUT2D eigenvalue weighted by Crippen LogP contribution is -2.21. The Kier molecular flexibility index (Phi) is 1.50. The number of amides is 1. The quantitative estimate of drug-likeness (QED) is 0.419. The SMILES string of the molecule is NC(=O)c1nc2[nH]c(=O)[nH]c(=O)c2[nH]1. The molecule has 0 bridgehead atoms. The van der Waals surface area contributed by atoms with Crippen LogP contribution in [0.15, 0.2) is 9.59 Å². The van der Waals surface area contributed by atoms with Gasteiger partial charge in [-0.3, -0.25) is 19.6 Å². The molecule has 0 aliphatic rings. The molecule has 0 aromatic carbocycles. The Morgan fingerprint density at radius 1 is 1.21 bits per heavy atom. The molecule has 72 valence electrons. The Labute approximate surface area is 75.2 Å². The summed E-state index contributed by atoms with van der Waals surface area (Å²) in [6.45, 7) is 0. The van der Waals surface area contributed by atoms with Crippen molar-refractivity contribution in [2.24, 2.45) is 5.73 Å². The summed E-state index contributed by atoms with van der Waals surface area (Å²) < 4.78 is 0. The van der Waals surface area contributed by atoms with Crippen molar-refractivity contribution in [1.82, 2.24) is 19.9 Å². The summed E-state index contributed by atoms with van der Waals surface area (Å²) in [7, 11) is 0. The van der Waals surface area contributed by atoms with E-state index in [-0.39, 0.29) is 17.0 Å². The summed E-state index contributed by atoms with van der Waals surface area (Å²) in [5.41, 5.74) is 3.61. The summed E-state index contributed by atoms with van der Waals surface area (Å²) in [4.78, 5) is 42.9. The zero-order valence-electron chi connectivity index (χ0n) is 6.75. The number of nitrogens with two attached hydrogens (primary N) is 1. The molecule has 0 aliphatic carbocycles. The fourth-order valence-corrected chi connectivity index (χ4v) is 1.05. The van der Waals surface area contributed by atoms with Crippen LogP contribution in [0.25, 0.3) is 11.2 Å². The van der Waals surface area contributed by atoms with Gasteiger partial charge in [-0.1, -0.05) is 0 Å². The van der Waals surface area contributed by atoms with Crippen LogP contribution >= 0.6 is 0 Å². The Morgan fingerprint density at radius 2 is 1.93 bits per heavy atom. The van der Waals surface area contributed by atoms with E-state index in [9.17, 15) is 14.4 Å². The van der Waals surface area contributed by atoms with Crippen LogP contribution in [0.5, 0.6) is 0 Å². The van der Waals surface area contributed by atoms with E-state index < -0.39 is 17.2 Å². The van der Waals surface area contributed by atoms with E-state index in [1.807, 2.05) is 4.98 Å². The van der Waals surface area contributed by atoms with E-state index in [1.54, 1.807) is 0 Å². The highest BCUT2D eigenvalue weighted by atomic mass is 16.2. The number of aromatic amines is 3. The summed E-state index contributed by atoms with van der Waals surface area (Å²) in [6, 6.07) is 0. The van der Waals surface area contributed by atoms with Gasteiger partial charge in [0.15, 0.2) is 11.5 Å². The van der Waals surface area contributed by atoms with E-state index in [2.05, 4.69) is 15.0 Å². The minimum atomic E-state index is -0.804. The average Bonchev–Trinajstić information content (AvgIpc) is 2.47. The van der Waals surface area contributed by atoms with Crippen LogP contribution in [0.2, 0.25) is 0 Å².